The Morgan fingerprint density at radius 1 is 1.22 bits per heavy atom. The minimum absolute atomic E-state index is 0.0837. The summed E-state index contributed by atoms with van der Waals surface area (Å²) in [6.07, 6.45) is -0.207. The van der Waals surface area contributed by atoms with Crippen molar-refractivity contribution in [2.75, 3.05) is 19.4 Å². The topological polar surface area (TPSA) is 89.9 Å². The molecule has 2 atom stereocenters. The van der Waals surface area contributed by atoms with E-state index in [-0.39, 0.29) is 24.9 Å². The van der Waals surface area contributed by atoms with Crippen LogP contribution < -0.4 is 5.30 Å². The van der Waals surface area contributed by atoms with Crippen LogP contribution >= 0.6 is 7.37 Å². The van der Waals surface area contributed by atoms with Crippen LogP contribution in [0.5, 0.6) is 0 Å². The molecule has 0 aliphatic carbocycles. The van der Waals surface area contributed by atoms with E-state index in [1.165, 1.54) is 13.8 Å². The van der Waals surface area contributed by atoms with Crippen LogP contribution in [-0.2, 0) is 23.6 Å². The lowest BCUT2D eigenvalue weighted by Crippen LogP contribution is -2.23. The molecule has 1 aromatic rings. The minimum atomic E-state index is -3.62. The Hall–Kier alpha value is -1.91. The van der Waals surface area contributed by atoms with Crippen LogP contribution in [0.4, 0.5) is 0 Å². The van der Waals surface area contributed by atoms with Crippen molar-refractivity contribution in [1.29, 1.82) is 0 Å². The number of hydrogen-bond acceptors (Lipinski definition) is 5. The predicted octanol–water partition coefficient (Wildman–Crippen LogP) is 1.88. The van der Waals surface area contributed by atoms with Gasteiger partial charge in [-0.2, -0.15) is 0 Å². The standard InChI is InChI=1S/C16H21O6P/c1-12(2)15(17)21-9-10-22-16(18)13(3)11-23(19,20)14-7-5-4-6-8-14/h4-8,13H,1,9-11H2,2-3H3,(H,19,20). The van der Waals surface area contributed by atoms with Crippen LogP contribution in [-0.4, -0.2) is 36.2 Å². The van der Waals surface area contributed by atoms with E-state index in [2.05, 4.69) is 6.58 Å². The first-order valence-corrected chi connectivity index (χ1v) is 8.95. The number of esters is 2. The van der Waals surface area contributed by atoms with Gasteiger partial charge in [0.05, 0.1) is 5.92 Å². The Labute approximate surface area is 135 Å². The summed E-state index contributed by atoms with van der Waals surface area (Å²) in [6, 6.07) is 8.17. The molecular weight excluding hydrogens is 319 g/mol. The van der Waals surface area contributed by atoms with E-state index < -0.39 is 25.2 Å². The average molecular weight is 340 g/mol. The van der Waals surface area contributed by atoms with E-state index in [0.29, 0.717) is 5.30 Å². The molecule has 0 aliphatic rings. The van der Waals surface area contributed by atoms with Crippen molar-refractivity contribution in [3.63, 3.8) is 0 Å². The Morgan fingerprint density at radius 3 is 2.35 bits per heavy atom. The molecule has 0 saturated carbocycles. The number of hydrogen-bond donors (Lipinski definition) is 1. The van der Waals surface area contributed by atoms with Crippen LogP contribution in [0.3, 0.4) is 0 Å². The van der Waals surface area contributed by atoms with Gasteiger partial charge in [0.25, 0.3) is 0 Å². The van der Waals surface area contributed by atoms with E-state index in [1.54, 1.807) is 30.3 Å². The van der Waals surface area contributed by atoms with Gasteiger partial charge < -0.3 is 14.4 Å². The van der Waals surface area contributed by atoms with Crippen LogP contribution in [0.25, 0.3) is 0 Å². The molecule has 1 rings (SSSR count). The number of benzene rings is 1. The number of carbonyl (C=O) groups excluding carboxylic acids is 2. The molecule has 0 saturated heterocycles. The molecule has 23 heavy (non-hydrogen) atoms. The van der Waals surface area contributed by atoms with E-state index in [0.717, 1.165) is 0 Å². The SMILES string of the molecule is C=C(C)C(=O)OCCOC(=O)C(C)CP(=O)(O)c1ccccc1. The fourth-order valence-electron chi connectivity index (χ4n) is 1.75. The van der Waals surface area contributed by atoms with Gasteiger partial charge in [0.1, 0.15) is 13.2 Å². The fourth-order valence-corrected chi connectivity index (χ4v) is 3.49. The summed E-state index contributed by atoms with van der Waals surface area (Å²) in [5, 5.41) is 0.301. The molecule has 0 radical (unpaired) electrons. The predicted molar refractivity (Wildman–Crippen MR) is 86.7 cm³/mol. The lowest BCUT2D eigenvalue weighted by Gasteiger charge is -2.16. The summed E-state index contributed by atoms with van der Waals surface area (Å²) < 4.78 is 22.0. The molecule has 1 aromatic carbocycles. The summed E-state index contributed by atoms with van der Waals surface area (Å²) >= 11 is 0. The summed E-state index contributed by atoms with van der Waals surface area (Å²) in [7, 11) is -3.62. The van der Waals surface area contributed by atoms with Crippen LogP contribution in [0.15, 0.2) is 42.5 Å². The maximum atomic E-state index is 12.3. The second-order valence-electron chi connectivity index (χ2n) is 5.20. The van der Waals surface area contributed by atoms with Crippen LogP contribution in [0.2, 0.25) is 0 Å². The van der Waals surface area contributed by atoms with Gasteiger partial charge in [0, 0.05) is 17.0 Å². The number of ether oxygens (including phenoxy) is 2. The summed E-state index contributed by atoms with van der Waals surface area (Å²) in [6.45, 7) is 6.27. The maximum absolute atomic E-state index is 12.3. The quantitative estimate of drug-likeness (QED) is 0.336. The second-order valence-corrected chi connectivity index (χ2v) is 7.49. The molecule has 0 heterocycles. The molecular formula is C16H21O6P. The van der Waals surface area contributed by atoms with Gasteiger partial charge in [-0.3, -0.25) is 9.36 Å². The monoisotopic (exact) mass is 340 g/mol. The summed E-state index contributed by atoms with van der Waals surface area (Å²) in [5.41, 5.74) is 0.258. The zero-order valence-corrected chi connectivity index (χ0v) is 14.1. The van der Waals surface area contributed by atoms with Gasteiger partial charge >= 0.3 is 11.9 Å². The first-order valence-electron chi connectivity index (χ1n) is 7.10. The van der Waals surface area contributed by atoms with Crippen molar-refractivity contribution in [1.82, 2.24) is 0 Å². The number of rotatable bonds is 8. The molecule has 0 bridgehead atoms. The smallest absolute Gasteiger partial charge is 0.333 e. The van der Waals surface area contributed by atoms with Crippen molar-refractivity contribution in [2.45, 2.75) is 13.8 Å². The van der Waals surface area contributed by atoms with Gasteiger partial charge in [-0.1, -0.05) is 31.7 Å². The average Bonchev–Trinajstić information content (AvgIpc) is 2.51. The van der Waals surface area contributed by atoms with Crippen molar-refractivity contribution >= 4 is 24.6 Å². The highest BCUT2D eigenvalue weighted by atomic mass is 31.2. The largest absolute Gasteiger partial charge is 0.462 e. The molecule has 6 nitrogen and oxygen atoms in total. The van der Waals surface area contributed by atoms with Gasteiger partial charge in [-0.25, -0.2) is 4.79 Å². The van der Waals surface area contributed by atoms with Crippen molar-refractivity contribution in [2.24, 2.45) is 5.92 Å². The molecule has 0 amide bonds. The third kappa shape index (κ3) is 6.38. The molecule has 0 aromatic heterocycles. The first-order chi connectivity index (χ1) is 10.7. The zero-order valence-electron chi connectivity index (χ0n) is 13.2. The van der Waals surface area contributed by atoms with Crippen molar-refractivity contribution in [3.05, 3.63) is 42.5 Å². The molecule has 7 heteroatoms. The Kier molecular flexibility index (Phi) is 7.20. The summed E-state index contributed by atoms with van der Waals surface area (Å²) in [5.74, 6) is -1.91. The summed E-state index contributed by atoms with van der Waals surface area (Å²) in [4.78, 5) is 33.0. The zero-order chi connectivity index (χ0) is 17.5. The van der Waals surface area contributed by atoms with E-state index in [9.17, 15) is 19.0 Å². The van der Waals surface area contributed by atoms with Crippen LogP contribution in [0.1, 0.15) is 13.8 Å². The highest BCUT2D eigenvalue weighted by Gasteiger charge is 2.28. The molecule has 126 valence electrons. The Bertz CT molecular complexity index is 610. The highest BCUT2D eigenvalue weighted by molar-refractivity contribution is 7.66. The third-order valence-corrected chi connectivity index (χ3v) is 5.14. The van der Waals surface area contributed by atoms with Gasteiger partial charge in [0.15, 0.2) is 0 Å². The molecule has 1 N–H and O–H groups in total. The molecule has 0 spiro atoms. The van der Waals surface area contributed by atoms with Crippen LogP contribution in [0, 0.1) is 5.92 Å². The maximum Gasteiger partial charge on any atom is 0.333 e. The first kappa shape index (κ1) is 19.1. The van der Waals surface area contributed by atoms with Gasteiger partial charge in [-0.15, -0.1) is 0 Å². The lowest BCUT2D eigenvalue weighted by molar-refractivity contribution is -0.152. The highest BCUT2D eigenvalue weighted by Crippen LogP contribution is 2.41. The molecule has 0 aliphatic heterocycles. The van der Waals surface area contributed by atoms with Crippen molar-refractivity contribution in [3.8, 4) is 0 Å². The second kappa shape index (κ2) is 8.65. The normalized spacial score (nSPS) is 14.4. The third-order valence-electron chi connectivity index (χ3n) is 2.99. The van der Waals surface area contributed by atoms with E-state index >= 15 is 0 Å². The molecule has 2 unspecified atom stereocenters. The van der Waals surface area contributed by atoms with Gasteiger partial charge in [0.2, 0.25) is 7.37 Å². The lowest BCUT2D eigenvalue weighted by atomic mass is 10.2. The van der Waals surface area contributed by atoms with Crippen molar-refractivity contribution < 1.29 is 28.5 Å². The van der Waals surface area contributed by atoms with Gasteiger partial charge in [-0.05, 0) is 19.1 Å². The fraction of sp³-hybridized carbons (Fsp3) is 0.375. The van der Waals surface area contributed by atoms with E-state index in [1.807, 2.05) is 0 Å². The minimum Gasteiger partial charge on any atom is -0.462 e. The Balaban J connectivity index is 2.44. The Morgan fingerprint density at radius 2 is 1.78 bits per heavy atom. The number of carbonyl (C=O) groups is 2. The van der Waals surface area contributed by atoms with E-state index in [4.69, 9.17) is 9.47 Å². The molecule has 0 fully saturated rings.